The van der Waals surface area contributed by atoms with E-state index in [1.54, 1.807) is 19.2 Å². The van der Waals surface area contributed by atoms with Crippen LogP contribution in [0.2, 0.25) is 5.02 Å². The van der Waals surface area contributed by atoms with Crippen molar-refractivity contribution < 1.29 is 43.9 Å². The molecule has 0 unspecified atom stereocenters. The van der Waals surface area contributed by atoms with Crippen LogP contribution in [0.25, 0.3) is 22.0 Å². The van der Waals surface area contributed by atoms with Crippen molar-refractivity contribution in [2.45, 2.75) is 80.1 Å². The van der Waals surface area contributed by atoms with Gasteiger partial charge in [0.15, 0.2) is 21.3 Å². The van der Waals surface area contributed by atoms with Crippen molar-refractivity contribution in [2.24, 2.45) is 13.0 Å². The number of pyridine rings is 1. The number of benzene rings is 2. The zero-order chi connectivity index (χ0) is 41.9. The molecule has 3 atom stereocenters. The van der Waals surface area contributed by atoms with Gasteiger partial charge in [-0.05, 0) is 87.3 Å². The molecular formula is C39H33ClF7N7O3S. The highest BCUT2D eigenvalue weighted by Gasteiger charge is 2.68. The molecule has 2 fully saturated rings. The summed E-state index contributed by atoms with van der Waals surface area (Å²) >= 11 is 6.52. The number of nitrogens with two attached hydrogens (primary N) is 1. The van der Waals surface area contributed by atoms with Gasteiger partial charge in [-0.15, -0.1) is 0 Å². The van der Waals surface area contributed by atoms with Gasteiger partial charge in [0.2, 0.25) is 5.91 Å². The average molecular weight is 848 g/mol. The number of nitrogens with zero attached hydrogens (tertiary/aromatic N) is 5. The maximum atomic E-state index is 15.4. The van der Waals surface area contributed by atoms with Gasteiger partial charge in [0.1, 0.15) is 34.3 Å². The molecule has 3 aromatic heterocycles. The minimum Gasteiger partial charge on any atom is -0.382 e. The molecule has 19 heteroatoms. The van der Waals surface area contributed by atoms with Crippen LogP contribution in [-0.4, -0.2) is 48.9 Å². The molecule has 3 aliphatic rings. The summed E-state index contributed by atoms with van der Waals surface area (Å²) in [5, 5.41) is 10.5. The second kappa shape index (κ2) is 13.4. The topological polar surface area (TPSA) is 138 Å². The molecule has 2 saturated carbocycles. The van der Waals surface area contributed by atoms with Gasteiger partial charge in [0.05, 0.1) is 32.9 Å². The van der Waals surface area contributed by atoms with Crippen LogP contribution < -0.4 is 11.1 Å². The molecule has 58 heavy (non-hydrogen) atoms. The van der Waals surface area contributed by atoms with Crippen LogP contribution in [0.15, 0.2) is 42.5 Å². The second-order valence-electron chi connectivity index (χ2n) is 15.4. The molecule has 3 N–H and O–H groups in total. The van der Waals surface area contributed by atoms with Gasteiger partial charge >= 0.3 is 6.18 Å². The monoisotopic (exact) mass is 847 g/mol. The van der Waals surface area contributed by atoms with Crippen LogP contribution in [0.5, 0.6) is 0 Å². The Morgan fingerprint density at radius 2 is 1.74 bits per heavy atom. The van der Waals surface area contributed by atoms with Crippen LogP contribution in [-0.2, 0) is 46.7 Å². The number of anilines is 1. The summed E-state index contributed by atoms with van der Waals surface area (Å²) in [5.74, 6) is -3.37. The SMILES string of the molecule is Cn1nc(N)c2c(Cl)ccc(-c3ccc(C#CC(C)(C)S(=O)(=O)C4CC4)nc3[C@H](Cc3cc(F)cc(F)c3)NC(=O)Cn3nc(C(F)(F)F)c4c3C(F)(F)[C@@H]3C[C@H]43)c21. The van der Waals surface area contributed by atoms with Crippen molar-refractivity contribution in [1.82, 2.24) is 29.9 Å². The maximum absolute atomic E-state index is 15.4. The molecule has 8 rings (SSSR count). The number of rotatable bonds is 9. The van der Waals surface area contributed by atoms with Gasteiger partial charge in [-0.25, -0.2) is 22.2 Å². The number of carbonyl (C=O) groups is 1. The van der Waals surface area contributed by atoms with E-state index >= 15 is 8.78 Å². The zero-order valence-corrected chi connectivity index (χ0v) is 32.4. The first-order valence-corrected chi connectivity index (χ1v) is 20.0. The van der Waals surface area contributed by atoms with Crippen LogP contribution in [0.4, 0.5) is 36.6 Å². The highest BCUT2D eigenvalue weighted by molar-refractivity contribution is 7.93. The van der Waals surface area contributed by atoms with Crippen molar-refractivity contribution in [2.75, 3.05) is 5.73 Å². The molecular weight excluding hydrogens is 815 g/mol. The predicted molar refractivity (Wildman–Crippen MR) is 199 cm³/mol. The highest BCUT2D eigenvalue weighted by atomic mass is 35.5. The number of sulfone groups is 1. The number of nitrogen functional groups attached to an aromatic ring is 1. The van der Waals surface area contributed by atoms with E-state index in [-0.39, 0.29) is 46.2 Å². The van der Waals surface area contributed by atoms with Crippen molar-refractivity contribution in [3.63, 3.8) is 0 Å². The number of hydrogen-bond acceptors (Lipinski definition) is 7. The lowest BCUT2D eigenvalue weighted by Crippen LogP contribution is -2.35. The average Bonchev–Trinajstić information content (AvgIpc) is 4.04. The molecule has 3 aliphatic carbocycles. The number of aryl methyl sites for hydroxylation is 1. The van der Waals surface area contributed by atoms with E-state index in [1.807, 2.05) is 0 Å². The first-order valence-electron chi connectivity index (χ1n) is 18.1. The van der Waals surface area contributed by atoms with E-state index in [4.69, 9.17) is 22.3 Å². The Balaban J connectivity index is 1.27. The van der Waals surface area contributed by atoms with Crippen molar-refractivity contribution in [1.29, 1.82) is 0 Å². The fourth-order valence-electron chi connectivity index (χ4n) is 7.89. The Bertz CT molecular complexity index is 2710. The second-order valence-corrected chi connectivity index (χ2v) is 18.6. The predicted octanol–water partition coefficient (Wildman–Crippen LogP) is 7.38. The molecule has 304 valence electrons. The zero-order valence-electron chi connectivity index (χ0n) is 30.9. The smallest absolute Gasteiger partial charge is 0.382 e. The van der Waals surface area contributed by atoms with Gasteiger partial charge in [-0.3, -0.25) is 14.2 Å². The van der Waals surface area contributed by atoms with Crippen molar-refractivity contribution >= 4 is 44.1 Å². The van der Waals surface area contributed by atoms with Gasteiger partial charge in [0, 0.05) is 35.7 Å². The Morgan fingerprint density at radius 3 is 2.40 bits per heavy atom. The van der Waals surface area contributed by atoms with E-state index < -0.39 is 90.8 Å². The molecule has 0 spiro atoms. The quantitative estimate of drug-likeness (QED) is 0.117. The first kappa shape index (κ1) is 39.7. The Labute approximate surface area is 331 Å². The van der Waals surface area contributed by atoms with Gasteiger partial charge in [-0.2, -0.15) is 32.1 Å². The van der Waals surface area contributed by atoms with Crippen molar-refractivity contribution in [3.8, 4) is 23.0 Å². The molecule has 0 aliphatic heterocycles. The molecule has 3 heterocycles. The third kappa shape index (κ3) is 6.75. The summed E-state index contributed by atoms with van der Waals surface area (Å²) < 4.78 is 129. The number of halogens is 8. The third-order valence-electron chi connectivity index (χ3n) is 10.9. The fraction of sp³-hybridized carbons (Fsp3) is 0.385. The van der Waals surface area contributed by atoms with Gasteiger partial charge < -0.3 is 11.1 Å². The minimum absolute atomic E-state index is 0.00400. The Morgan fingerprint density at radius 1 is 1.07 bits per heavy atom. The van der Waals surface area contributed by atoms with Crippen LogP contribution >= 0.6 is 11.6 Å². The Kier molecular flexibility index (Phi) is 9.20. The minimum atomic E-state index is -5.07. The van der Waals surface area contributed by atoms with Crippen LogP contribution in [0.1, 0.15) is 79.0 Å². The van der Waals surface area contributed by atoms with Crippen LogP contribution in [0, 0.1) is 29.4 Å². The van der Waals surface area contributed by atoms with E-state index in [1.165, 1.54) is 30.7 Å². The first-order chi connectivity index (χ1) is 27.1. The summed E-state index contributed by atoms with van der Waals surface area (Å²) in [5.41, 5.74) is 4.24. The van der Waals surface area contributed by atoms with Gasteiger partial charge in [-0.1, -0.05) is 23.6 Å². The number of nitrogens with one attached hydrogen (secondary N) is 1. The number of amides is 1. The van der Waals surface area contributed by atoms with E-state index in [0.717, 1.165) is 12.1 Å². The summed E-state index contributed by atoms with van der Waals surface area (Å²) in [6.07, 6.45) is -4.58. The van der Waals surface area contributed by atoms with E-state index in [2.05, 4.69) is 27.4 Å². The summed E-state index contributed by atoms with van der Waals surface area (Å²) in [6.45, 7) is 1.85. The lowest BCUT2D eigenvalue weighted by atomic mass is 9.93. The third-order valence-corrected chi connectivity index (χ3v) is 14.1. The standard InChI is InChI=1S/C39H33ClF7N7O3S/c1-37(2,58(56,57)22-5-6-22)11-10-21-4-7-23(24-8-9-27(40)31-33(24)53(3)52-36(31)48)32(49-21)28(14-18-12-19(41)15-20(42)13-18)50-29(55)17-54-35-30(34(51-54)39(45,46)47)25-16-26(25)38(35,43)44/h4,7-9,12-13,15,22,25-26,28H,5-6,14,16-17H2,1-3H3,(H2,48,52)(H,50,55)/t25-,26+,28-/m0/s1. The molecule has 1 amide bonds. The number of aromatic nitrogens is 5. The van der Waals surface area contributed by atoms with Crippen molar-refractivity contribution in [3.05, 3.63) is 93.0 Å². The molecule has 2 aromatic carbocycles. The summed E-state index contributed by atoms with van der Waals surface area (Å²) in [4.78, 5) is 18.7. The largest absolute Gasteiger partial charge is 0.435 e. The number of carbonyl (C=O) groups excluding carboxylic acids is 1. The molecule has 0 radical (unpaired) electrons. The van der Waals surface area contributed by atoms with E-state index in [0.29, 0.717) is 40.1 Å². The van der Waals surface area contributed by atoms with E-state index in [9.17, 15) is 35.2 Å². The number of alkyl halides is 5. The maximum Gasteiger partial charge on any atom is 0.435 e. The normalized spacial score (nSPS) is 19.0. The molecule has 10 nitrogen and oxygen atoms in total. The lowest BCUT2D eigenvalue weighted by Gasteiger charge is -2.23. The Hall–Kier alpha value is -5.15. The number of hydrogen-bond donors (Lipinski definition) is 2. The summed E-state index contributed by atoms with van der Waals surface area (Å²) in [7, 11) is -2.06. The molecule has 0 bridgehead atoms. The van der Waals surface area contributed by atoms with Gasteiger partial charge in [0.25, 0.3) is 5.92 Å². The summed E-state index contributed by atoms with van der Waals surface area (Å²) in [6, 6.07) is 7.47. The molecule has 5 aromatic rings. The fourth-order valence-corrected chi connectivity index (χ4v) is 9.93. The lowest BCUT2D eigenvalue weighted by molar-refractivity contribution is -0.142. The van der Waals surface area contributed by atoms with Crippen LogP contribution in [0.3, 0.4) is 0 Å². The number of fused-ring (bicyclic) bond motifs is 4. The molecule has 0 saturated heterocycles. The highest BCUT2D eigenvalue weighted by Crippen LogP contribution is 2.68.